The molecule has 3 amide bonds. The number of amides is 3. The van der Waals surface area contributed by atoms with Gasteiger partial charge in [-0.2, -0.15) is 0 Å². The molecule has 44 heavy (non-hydrogen) atoms. The third-order valence-corrected chi connectivity index (χ3v) is 8.19. The van der Waals surface area contributed by atoms with E-state index in [4.69, 9.17) is 27.9 Å². The average molecular weight is 649 g/mol. The van der Waals surface area contributed by atoms with Crippen molar-refractivity contribution in [3.63, 3.8) is 0 Å². The quantitative estimate of drug-likeness (QED) is 0.106. The van der Waals surface area contributed by atoms with Crippen molar-refractivity contribution in [1.82, 2.24) is 5.32 Å². The van der Waals surface area contributed by atoms with E-state index in [0.29, 0.717) is 51.3 Å². The number of nitrogens with one attached hydrogen (secondary N) is 3. The fourth-order valence-electron chi connectivity index (χ4n) is 4.12. The Bertz CT molecular complexity index is 1660. The lowest BCUT2D eigenvalue weighted by atomic mass is 10.1. The van der Waals surface area contributed by atoms with Crippen LogP contribution in [0.1, 0.15) is 36.2 Å². The van der Waals surface area contributed by atoms with Crippen molar-refractivity contribution in [2.24, 2.45) is 0 Å². The molecule has 0 bridgehead atoms. The number of rotatable bonds is 12. The maximum Gasteiger partial charge on any atom is 0.272 e. The molecule has 4 rings (SSSR count). The number of hydrogen-bond donors (Lipinski definition) is 3. The third kappa shape index (κ3) is 9.13. The van der Waals surface area contributed by atoms with Crippen LogP contribution in [0.4, 0.5) is 11.4 Å². The number of halogens is 2. The largest absolute Gasteiger partial charge is 0.493 e. The van der Waals surface area contributed by atoms with Crippen LogP contribution in [0.2, 0.25) is 10.0 Å². The highest BCUT2D eigenvalue weighted by atomic mass is 35.5. The van der Waals surface area contributed by atoms with Crippen LogP contribution in [-0.2, 0) is 9.59 Å². The van der Waals surface area contributed by atoms with Gasteiger partial charge in [0.2, 0.25) is 5.91 Å². The van der Waals surface area contributed by atoms with E-state index in [-0.39, 0.29) is 11.6 Å². The highest BCUT2D eigenvalue weighted by Gasteiger charge is 2.20. The summed E-state index contributed by atoms with van der Waals surface area (Å²) in [5.74, 6) is -0.599. The molecular formula is C34H31Cl2N3O4S. The highest BCUT2D eigenvalue weighted by molar-refractivity contribution is 8.00. The summed E-state index contributed by atoms with van der Waals surface area (Å²) < 4.78 is 5.72. The topological polar surface area (TPSA) is 96.5 Å². The summed E-state index contributed by atoms with van der Waals surface area (Å²) in [5, 5.41) is 8.89. The molecule has 1 unspecified atom stereocenters. The fourth-order valence-corrected chi connectivity index (χ4v) is 5.47. The zero-order chi connectivity index (χ0) is 31.5. The Balaban J connectivity index is 1.54. The summed E-state index contributed by atoms with van der Waals surface area (Å²) in [5.41, 5.74) is 2.01. The maximum atomic E-state index is 13.6. The first-order chi connectivity index (χ1) is 21.3. The third-order valence-electron chi connectivity index (χ3n) is 6.27. The van der Waals surface area contributed by atoms with Gasteiger partial charge in [-0.1, -0.05) is 72.6 Å². The Morgan fingerprint density at radius 3 is 2.36 bits per heavy atom. The number of para-hydroxylation sites is 1. The van der Waals surface area contributed by atoms with E-state index < -0.39 is 17.1 Å². The number of carbonyl (C=O) groups excluding carboxylic acids is 3. The normalized spacial score (nSPS) is 11.8. The van der Waals surface area contributed by atoms with Gasteiger partial charge in [-0.05, 0) is 74.0 Å². The van der Waals surface area contributed by atoms with E-state index in [1.807, 2.05) is 38.1 Å². The Labute approximate surface area is 271 Å². The zero-order valence-electron chi connectivity index (χ0n) is 24.1. The Kier molecular flexibility index (Phi) is 11.9. The molecule has 226 valence electrons. The van der Waals surface area contributed by atoms with Gasteiger partial charge in [0.25, 0.3) is 11.8 Å². The first kappa shape index (κ1) is 32.7. The van der Waals surface area contributed by atoms with Gasteiger partial charge in [0.1, 0.15) is 11.4 Å². The van der Waals surface area contributed by atoms with Crippen molar-refractivity contribution in [2.45, 2.75) is 30.4 Å². The molecule has 0 aliphatic carbocycles. The molecule has 7 nitrogen and oxygen atoms in total. The molecule has 3 N–H and O–H groups in total. The molecule has 0 saturated carbocycles. The van der Waals surface area contributed by atoms with Crippen molar-refractivity contribution in [1.29, 1.82) is 0 Å². The molecule has 1 atom stereocenters. The lowest BCUT2D eigenvalue weighted by Gasteiger charge is -2.16. The standard InChI is InChI=1S/C34H31Cl2N3O4S/c1-3-31(34(42)38-28-20-24(35)17-18-27(28)36)44-26-15-10-14-25(21-26)37-33(41)29(39-32(40)22-11-6-5-7-12-22)19-23-13-8-9-16-30(23)43-4-2/h5-21,31H,3-4H2,1-2H3,(H,37,41)(H,38,42)(H,39,40)/b29-19+. The monoisotopic (exact) mass is 647 g/mol. The molecule has 0 aliphatic rings. The van der Waals surface area contributed by atoms with Crippen LogP contribution in [0.3, 0.4) is 0 Å². The van der Waals surface area contributed by atoms with E-state index in [0.717, 1.165) is 4.90 Å². The van der Waals surface area contributed by atoms with E-state index in [9.17, 15) is 14.4 Å². The molecule has 0 aliphatic heterocycles. The second kappa shape index (κ2) is 16.0. The van der Waals surface area contributed by atoms with Crippen LogP contribution in [0, 0.1) is 0 Å². The summed E-state index contributed by atoms with van der Waals surface area (Å²) in [6, 6.07) is 27.9. The fraction of sp³-hybridized carbons (Fsp3) is 0.147. The van der Waals surface area contributed by atoms with Crippen LogP contribution in [-0.4, -0.2) is 29.6 Å². The van der Waals surface area contributed by atoms with Crippen molar-refractivity contribution >= 4 is 70.1 Å². The van der Waals surface area contributed by atoms with Crippen molar-refractivity contribution in [3.05, 3.63) is 124 Å². The van der Waals surface area contributed by atoms with Crippen molar-refractivity contribution in [2.75, 3.05) is 17.2 Å². The first-order valence-electron chi connectivity index (χ1n) is 13.9. The minimum absolute atomic E-state index is 0.0354. The lowest BCUT2D eigenvalue weighted by molar-refractivity contribution is -0.116. The van der Waals surface area contributed by atoms with E-state index in [1.54, 1.807) is 78.9 Å². The second-order valence-electron chi connectivity index (χ2n) is 9.46. The van der Waals surface area contributed by atoms with Gasteiger partial charge in [-0.15, -0.1) is 11.8 Å². The van der Waals surface area contributed by atoms with Gasteiger partial charge in [0.05, 0.1) is 22.6 Å². The number of benzene rings is 4. The van der Waals surface area contributed by atoms with Gasteiger partial charge in [0, 0.05) is 26.7 Å². The molecule has 4 aromatic carbocycles. The van der Waals surface area contributed by atoms with Gasteiger partial charge in [-0.25, -0.2) is 0 Å². The molecule has 0 aromatic heterocycles. The van der Waals surface area contributed by atoms with Crippen LogP contribution in [0.25, 0.3) is 6.08 Å². The summed E-state index contributed by atoms with van der Waals surface area (Å²) in [6.45, 7) is 4.22. The van der Waals surface area contributed by atoms with Crippen molar-refractivity contribution in [3.8, 4) is 5.75 Å². The van der Waals surface area contributed by atoms with Crippen LogP contribution in [0.15, 0.2) is 108 Å². The van der Waals surface area contributed by atoms with Gasteiger partial charge in [-0.3, -0.25) is 14.4 Å². The van der Waals surface area contributed by atoms with Crippen LogP contribution in [0.5, 0.6) is 5.75 Å². The lowest BCUT2D eigenvalue weighted by Crippen LogP contribution is -2.30. The first-order valence-corrected chi connectivity index (χ1v) is 15.5. The van der Waals surface area contributed by atoms with Gasteiger partial charge >= 0.3 is 0 Å². The van der Waals surface area contributed by atoms with E-state index in [1.165, 1.54) is 11.8 Å². The predicted octanol–water partition coefficient (Wildman–Crippen LogP) is 8.31. The van der Waals surface area contributed by atoms with Crippen LogP contribution < -0.4 is 20.7 Å². The SMILES string of the molecule is CCOc1ccccc1/C=C(/NC(=O)c1ccccc1)C(=O)Nc1cccc(SC(CC)C(=O)Nc2cc(Cl)ccc2Cl)c1. The Morgan fingerprint density at radius 2 is 1.61 bits per heavy atom. The summed E-state index contributed by atoms with van der Waals surface area (Å²) in [4.78, 5) is 40.5. The molecule has 4 aromatic rings. The maximum absolute atomic E-state index is 13.6. The number of carbonyl (C=O) groups is 3. The van der Waals surface area contributed by atoms with Crippen molar-refractivity contribution < 1.29 is 19.1 Å². The molecule has 0 saturated heterocycles. The molecular weight excluding hydrogens is 617 g/mol. The minimum Gasteiger partial charge on any atom is -0.493 e. The predicted molar refractivity (Wildman–Crippen MR) is 180 cm³/mol. The molecule has 10 heteroatoms. The molecule has 0 radical (unpaired) electrons. The summed E-state index contributed by atoms with van der Waals surface area (Å²) >= 11 is 13.6. The van der Waals surface area contributed by atoms with E-state index >= 15 is 0 Å². The number of ether oxygens (including phenoxy) is 1. The molecule has 0 fully saturated rings. The van der Waals surface area contributed by atoms with Gasteiger partial charge < -0.3 is 20.7 Å². The Hall–Kier alpha value is -4.24. The van der Waals surface area contributed by atoms with E-state index in [2.05, 4.69) is 16.0 Å². The highest BCUT2D eigenvalue weighted by Crippen LogP contribution is 2.31. The summed E-state index contributed by atoms with van der Waals surface area (Å²) in [7, 11) is 0. The molecule has 0 spiro atoms. The van der Waals surface area contributed by atoms with Crippen LogP contribution >= 0.6 is 35.0 Å². The minimum atomic E-state index is -0.525. The number of anilines is 2. The van der Waals surface area contributed by atoms with Gasteiger partial charge in [0.15, 0.2) is 0 Å². The number of thioether (sulfide) groups is 1. The second-order valence-corrected chi connectivity index (χ2v) is 11.6. The smallest absolute Gasteiger partial charge is 0.272 e. The summed E-state index contributed by atoms with van der Waals surface area (Å²) in [6.07, 6.45) is 2.13. The average Bonchev–Trinajstić information content (AvgIpc) is 3.02. The zero-order valence-corrected chi connectivity index (χ0v) is 26.4. The molecule has 0 heterocycles. The number of hydrogen-bond acceptors (Lipinski definition) is 5. The Morgan fingerprint density at radius 1 is 0.864 bits per heavy atom.